The average molecular weight is 317 g/mol. The number of hydrogen-bond donors (Lipinski definition) is 0. The van der Waals surface area contributed by atoms with Crippen LogP contribution in [-0.4, -0.2) is 0 Å². The van der Waals surface area contributed by atoms with E-state index in [1.807, 2.05) is 0 Å². The van der Waals surface area contributed by atoms with Crippen molar-refractivity contribution in [2.45, 2.75) is 96.8 Å². The highest BCUT2D eigenvalue weighted by Gasteiger charge is 2.20. The molecule has 0 heteroatoms. The second kappa shape index (κ2) is 11.1. The lowest BCUT2D eigenvalue weighted by Gasteiger charge is -2.28. The Labute approximate surface area is 145 Å². The fourth-order valence-electron chi connectivity index (χ4n) is 4.69. The fraction of sp³-hybridized carbons (Fsp3) is 0.826. The normalized spacial score (nSPS) is 32.2. The van der Waals surface area contributed by atoms with Gasteiger partial charge < -0.3 is 0 Å². The molecule has 0 bridgehead atoms. The fourth-order valence-corrected chi connectivity index (χ4v) is 4.69. The molecule has 0 aromatic heterocycles. The summed E-state index contributed by atoms with van der Waals surface area (Å²) in [5.74, 6) is 3.75. The molecule has 0 nitrogen and oxygen atoms in total. The van der Waals surface area contributed by atoms with Crippen LogP contribution in [0.15, 0.2) is 24.8 Å². The van der Waals surface area contributed by atoms with Gasteiger partial charge in [0.15, 0.2) is 0 Å². The lowest BCUT2D eigenvalue weighted by molar-refractivity contribution is 0.250. The zero-order valence-corrected chi connectivity index (χ0v) is 15.6. The van der Waals surface area contributed by atoms with E-state index < -0.39 is 0 Å². The van der Waals surface area contributed by atoms with Crippen LogP contribution in [-0.2, 0) is 0 Å². The summed E-state index contributed by atoms with van der Waals surface area (Å²) in [6.07, 6.45) is 27.3. The molecule has 2 aliphatic carbocycles. The van der Waals surface area contributed by atoms with Crippen molar-refractivity contribution in [2.24, 2.45) is 23.7 Å². The van der Waals surface area contributed by atoms with Crippen molar-refractivity contribution in [3.63, 3.8) is 0 Å². The standard InChI is InChI=1S/C23H40/c1-3-5-6-9-21-16-18-23(19-17-21)11-8-7-10-22-14-12-20(4-2)13-15-22/h4,7,10,20-23H,2-3,5-6,8-9,11-19H2,1H3. The maximum absolute atomic E-state index is 3.94. The molecule has 0 unspecified atom stereocenters. The van der Waals surface area contributed by atoms with E-state index in [1.165, 1.54) is 89.9 Å². The lowest BCUT2D eigenvalue weighted by atomic mass is 9.78. The maximum Gasteiger partial charge on any atom is -0.0233 e. The highest BCUT2D eigenvalue weighted by Crippen LogP contribution is 2.34. The summed E-state index contributed by atoms with van der Waals surface area (Å²) in [6.45, 7) is 6.26. The van der Waals surface area contributed by atoms with Crippen LogP contribution >= 0.6 is 0 Å². The summed E-state index contributed by atoms with van der Waals surface area (Å²) in [5, 5.41) is 0. The van der Waals surface area contributed by atoms with Crippen LogP contribution < -0.4 is 0 Å². The van der Waals surface area contributed by atoms with E-state index in [-0.39, 0.29) is 0 Å². The Kier molecular flexibility index (Phi) is 9.09. The second-order valence-corrected chi connectivity index (χ2v) is 8.30. The highest BCUT2D eigenvalue weighted by molar-refractivity contribution is 4.94. The third-order valence-corrected chi connectivity index (χ3v) is 6.48. The minimum Gasteiger partial charge on any atom is -0.103 e. The van der Waals surface area contributed by atoms with Gasteiger partial charge in [-0.25, -0.2) is 0 Å². The highest BCUT2D eigenvalue weighted by atomic mass is 14.3. The summed E-state index contributed by atoms with van der Waals surface area (Å²) in [5.41, 5.74) is 0. The SMILES string of the molecule is C=CC1CCC(C=CCCC2CCC(CCCCC)CC2)CC1. The van der Waals surface area contributed by atoms with E-state index in [2.05, 4.69) is 31.7 Å². The molecule has 0 amide bonds. The third-order valence-electron chi connectivity index (χ3n) is 6.48. The average Bonchev–Trinajstić information content (AvgIpc) is 2.61. The first-order chi connectivity index (χ1) is 11.3. The topological polar surface area (TPSA) is 0 Å². The Morgan fingerprint density at radius 1 is 0.783 bits per heavy atom. The third kappa shape index (κ3) is 7.27. The van der Waals surface area contributed by atoms with Crippen LogP contribution in [0, 0.1) is 23.7 Å². The van der Waals surface area contributed by atoms with Gasteiger partial charge in [-0.2, -0.15) is 0 Å². The van der Waals surface area contributed by atoms with Crippen molar-refractivity contribution in [1.29, 1.82) is 0 Å². The molecule has 23 heavy (non-hydrogen) atoms. The predicted octanol–water partition coefficient (Wildman–Crippen LogP) is 7.70. The van der Waals surface area contributed by atoms with Crippen molar-refractivity contribution < 1.29 is 0 Å². The molecule has 0 spiro atoms. The number of rotatable bonds is 9. The first-order valence-electron chi connectivity index (χ1n) is 10.6. The molecule has 0 N–H and O–H groups in total. The van der Waals surface area contributed by atoms with Gasteiger partial charge in [0.25, 0.3) is 0 Å². The second-order valence-electron chi connectivity index (χ2n) is 8.30. The van der Waals surface area contributed by atoms with Gasteiger partial charge in [-0.15, -0.1) is 6.58 Å². The van der Waals surface area contributed by atoms with E-state index in [0.717, 1.165) is 23.7 Å². The monoisotopic (exact) mass is 316 g/mol. The van der Waals surface area contributed by atoms with E-state index >= 15 is 0 Å². The quantitative estimate of drug-likeness (QED) is 0.302. The number of allylic oxidation sites excluding steroid dienone is 3. The molecule has 0 saturated heterocycles. The van der Waals surface area contributed by atoms with Gasteiger partial charge in [0.05, 0.1) is 0 Å². The van der Waals surface area contributed by atoms with E-state index in [1.54, 1.807) is 0 Å². The minimum absolute atomic E-state index is 0.798. The van der Waals surface area contributed by atoms with Gasteiger partial charge in [-0.1, -0.05) is 76.5 Å². The Hall–Kier alpha value is -0.520. The first-order valence-corrected chi connectivity index (χ1v) is 10.6. The zero-order valence-electron chi connectivity index (χ0n) is 15.6. The smallest absolute Gasteiger partial charge is 0.0233 e. The summed E-state index contributed by atoms with van der Waals surface area (Å²) >= 11 is 0. The van der Waals surface area contributed by atoms with Crippen LogP contribution in [0.3, 0.4) is 0 Å². The molecular weight excluding hydrogens is 276 g/mol. The largest absolute Gasteiger partial charge is 0.103 e. The molecule has 0 aliphatic heterocycles. The van der Waals surface area contributed by atoms with Crippen LogP contribution in [0.25, 0.3) is 0 Å². The number of hydrogen-bond acceptors (Lipinski definition) is 0. The summed E-state index contributed by atoms with van der Waals surface area (Å²) < 4.78 is 0. The number of unbranched alkanes of at least 4 members (excludes halogenated alkanes) is 2. The van der Waals surface area contributed by atoms with E-state index in [4.69, 9.17) is 0 Å². The van der Waals surface area contributed by atoms with Gasteiger partial charge in [0, 0.05) is 0 Å². The summed E-state index contributed by atoms with van der Waals surface area (Å²) in [6, 6.07) is 0. The summed E-state index contributed by atoms with van der Waals surface area (Å²) in [7, 11) is 0. The molecule has 0 aromatic carbocycles. The molecule has 2 fully saturated rings. The maximum atomic E-state index is 3.94. The van der Waals surface area contributed by atoms with Crippen molar-refractivity contribution in [3.05, 3.63) is 24.8 Å². The molecule has 132 valence electrons. The van der Waals surface area contributed by atoms with Gasteiger partial charge in [-0.3, -0.25) is 0 Å². The molecule has 2 saturated carbocycles. The molecule has 0 radical (unpaired) electrons. The Balaban J connectivity index is 1.52. The van der Waals surface area contributed by atoms with Crippen LogP contribution in [0.4, 0.5) is 0 Å². The van der Waals surface area contributed by atoms with Crippen molar-refractivity contribution in [1.82, 2.24) is 0 Å². The van der Waals surface area contributed by atoms with Gasteiger partial charge in [0.2, 0.25) is 0 Å². The van der Waals surface area contributed by atoms with Crippen molar-refractivity contribution in [2.75, 3.05) is 0 Å². The van der Waals surface area contributed by atoms with Crippen LogP contribution in [0.5, 0.6) is 0 Å². The van der Waals surface area contributed by atoms with Crippen LogP contribution in [0.1, 0.15) is 96.8 Å². The Morgan fingerprint density at radius 2 is 1.39 bits per heavy atom. The van der Waals surface area contributed by atoms with E-state index in [9.17, 15) is 0 Å². The molecule has 0 aromatic rings. The van der Waals surface area contributed by atoms with Crippen LogP contribution in [0.2, 0.25) is 0 Å². The van der Waals surface area contributed by atoms with Crippen molar-refractivity contribution in [3.8, 4) is 0 Å². The van der Waals surface area contributed by atoms with Gasteiger partial charge in [0.1, 0.15) is 0 Å². The molecular formula is C23H40. The van der Waals surface area contributed by atoms with Gasteiger partial charge in [-0.05, 0) is 62.2 Å². The van der Waals surface area contributed by atoms with Crippen molar-refractivity contribution >= 4 is 0 Å². The first kappa shape index (κ1) is 18.8. The predicted molar refractivity (Wildman–Crippen MR) is 104 cm³/mol. The molecule has 2 aliphatic rings. The minimum atomic E-state index is 0.798. The molecule has 0 atom stereocenters. The zero-order chi connectivity index (χ0) is 16.3. The lowest BCUT2D eigenvalue weighted by Crippen LogP contribution is -2.14. The molecule has 0 heterocycles. The Bertz CT molecular complexity index is 324. The summed E-state index contributed by atoms with van der Waals surface area (Å²) in [4.78, 5) is 0. The van der Waals surface area contributed by atoms with Gasteiger partial charge >= 0.3 is 0 Å². The van der Waals surface area contributed by atoms with E-state index in [0.29, 0.717) is 0 Å². The Morgan fingerprint density at radius 3 is 2.00 bits per heavy atom. The molecule has 2 rings (SSSR count).